The van der Waals surface area contributed by atoms with Crippen LogP contribution in [-0.2, 0) is 0 Å². The molecule has 0 bridgehead atoms. The van der Waals surface area contributed by atoms with Crippen molar-refractivity contribution in [3.05, 3.63) is 206 Å². The number of fused-ring (bicyclic) bond motifs is 8. The fourth-order valence-electron chi connectivity index (χ4n) is 8.49. The minimum atomic E-state index is 0.896. The average Bonchev–Trinajstić information content (AvgIpc) is 3.81. The van der Waals surface area contributed by atoms with E-state index in [2.05, 4.69) is 216 Å². The Morgan fingerprint density at radius 3 is 1.85 bits per heavy atom. The summed E-state index contributed by atoms with van der Waals surface area (Å²) in [5.41, 5.74) is 13.2. The molecule has 0 aliphatic carbocycles. The highest BCUT2D eigenvalue weighted by atomic mass is 16.3. The minimum absolute atomic E-state index is 0.896. The molecule has 0 aliphatic heterocycles. The number of hydrogen-bond donors (Lipinski definition) is 0. The maximum atomic E-state index is 6.55. The number of rotatable bonds is 6. The first-order chi connectivity index (χ1) is 27.3. The molecule has 0 unspecified atom stereocenters. The Balaban J connectivity index is 1.11. The highest BCUT2D eigenvalue weighted by Gasteiger charge is 2.21. The summed E-state index contributed by atoms with van der Waals surface area (Å²) < 4.78 is 8.97. The second-order valence-corrected chi connectivity index (χ2v) is 14.1. The van der Waals surface area contributed by atoms with E-state index in [9.17, 15) is 0 Å². The first-order valence-electron chi connectivity index (χ1n) is 18.8. The molecule has 11 aromatic rings. The highest BCUT2D eigenvalue weighted by molar-refractivity contribution is 6.19. The molecule has 0 N–H and O–H groups in total. The zero-order valence-electron chi connectivity index (χ0n) is 29.9. The lowest BCUT2D eigenvalue weighted by atomic mass is 9.98. The number of benzene rings is 9. The topological polar surface area (TPSA) is 21.3 Å². The standard InChI is InChI=1S/C52H34N2O/c1-2-14-35(15-3-1)38-17-12-18-40(34-38)53(48-25-10-11-26-49(48)54-46-23-8-6-20-43(46)44-21-7-9-24-47(44)54)39-31-28-37(29-32-39)41-22-13-27-50-51(41)45-33-30-36-16-4-5-19-42(36)52(45)55-50/h1-34H. The average molecular weight is 703 g/mol. The number of hydrogen-bond acceptors (Lipinski definition) is 2. The third kappa shape index (κ3) is 5.05. The van der Waals surface area contributed by atoms with Gasteiger partial charge in [0, 0.05) is 38.3 Å². The Morgan fingerprint density at radius 2 is 1.05 bits per heavy atom. The summed E-state index contributed by atoms with van der Waals surface area (Å²) in [4.78, 5) is 2.40. The third-order valence-electron chi connectivity index (χ3n) is 11.0. The van der Waals surface area contributed by atoms with Gasteiger partial charge >= 0.3 is 0 Å². The predicted molar refractivity (Wildman–Crippen MR) is 231 cm³/mol. The summed E-state index contributed by atoms with van der Waals surface area (Å²) >= 11 is 0. The zero-order valence-corrected chi connectivity index (χ0v) is 29.9. The van der Waals surface area contributed by atoms with Gasteiger partial charge < -0.3 is 13.9 Å². The summed E-state index contributed by atoms with van der Waals surface area (Å²) in [7, 11) is 0. The molecule has 3 heteroatoms. The molecule has 0 radical (unpaired) electrons. The van der Waals surface area contributed by atoms with Crippen LogP contribution in [0.5, 0.6) is 0 Å². The van der Waals surface area contributed by atoms with E-state index in [1.54, 1.807) is 0 Å². The lowest BCUT2D eigenvalue weighted by molar-refractivity contribution is 0.673. The largest absolute Gasteiger partial charge is 0.455 e. The van der Waals surface area contributed by atoms with E-state index in [0.717, 1.165) is 61.2 Å². The predicted octanol–water partition coefficient (Wildman–Crippen LogP) is 14.6. The van der Waals surface area contributed by atoms with Crippen LogP contribution in [0.25, 0.3) is 82.5 Å². The van der Waals surface area contributed by atoms with Gasteiger partial charge in [-0.05, 0) is 88.3 Å². The van der Waals surface area contributed by atoms with Gasteiger partial charge in [0.2, 0.25) is 0 Å². The zero-order chi connectivity index (χ0) is 36.3. The van der Waals surface area contributed by atoms with E-state index in [4.69, 9.17) is 4.42 Å². The van der Waals surface area contributed by atoms with Gasteiger partial charge in [-0.25, -0.2) is 0 Å². The maximum Gasteiger partial charge on any atom is 0.143 e. The molecule has 0 aliphatic rings. The Labute approximate surface area is 318 Å². The van der Waals surface area contributed by atoms with Gasteiger partial charge in [-0.1, -0.05) is 146 Å². The van der Waals surface area contributed by atoms with Crippen molar-refractivity contribution in [1.29, 1.82) is 0 Å². The number of furan rings is 1. The molecule has 258 valence electrons. The Morgan fingerprint density at radius 1 is 0.400 bits per heavy atom. The maximum absolute atomic E-state index is 6.55. The van der Waals surface area contributed by atoms with Gasteiger partial charge in [-0.2, -0.15) is 0 Å². The van der Waals surface area contributed by atoms with Crippen molar-refractivity contribution in [2.24, 2.45) is 0 Å². The van der Waals surface area contributed by atoms with E-state index in [1.165, 1.54) is 38.3 Å². The Hall–Kier alpha value is -7.36. The van der Waals surface area contributed by atoms with Crippen LogP contribution in [0.15, 0.2) is 211 Å². The van der Waals surface area contributed by atoms with Crippen LogP contribution >= 0.6 is 0 Å². The highest BCUT2D eigenvalue weighted by Crippen LogP contribution is 2.44. The van der Waals surface area contributed by atoms with Crippen LogP contribution in [0, 0.1) is 0 Å². The smallest absolute Gasteiger partial charge is 0.143 e. The second kappa shape index (κ2) is 12.6. The molecule has 0 saturated heterocycles. The molecule has 2 heterocycles. The summed E-state index contributed by atoms with van der Waals surface area (Å²) in [5.74, 6) is 0. The molecule has 0 spiro atoms. The number of aromatic nitrogens is 1. The molecule has 2 aromatic heterocycles. The molecular formula is C52H34N2O. The van der Waals surface area contributed by atoms with Crippen LogP contribution in [0.4, 0.5) is 17.1 Å². The quantitative estimate of drug-likeness (QED) is 0.172. The molecule has 55 heavy (non-hydrogen) atoms. The van der Waals surface area contributed by atoms with Crippen LogP contribution in [-0.4, -0.2) is 4.57 Å². The van der Waals surface area contributed by atoms with Crippen LogP contribution in [0.3, 0.4) is 0 Å². The fourth-order valence-corrected chi connectivity index (χ4v) is 8.49. The van der Waals surface area contributed by atoms with Crippen LogP contribution in [0.2, 0.25) is 0 Å². The van der Waals surface area contributed by atoms with Crippen molar-refractivity contribution in [2.45, 2.75) is 0 Å². The van der Waals surface area contributed by atoms with Gasteiger partial charge in [0.05, 0.1) is 22.4 Å². The summed E-state index contributed by atoms with van der Waals surface area (Å²) in [6.07, 6.45) is 0. The summed E-state index contributed by atoms with van der Waals surface area (Å²) in [6.45, 7) is 0. The minimum Gasteiger partial charge on any atom is -0.455 e. The molecule has 0 amide bonds. The lowest BCUT2D eigenvalue weighted by Gasteiger charge is -2.29. The van der Waals surface area contributed by atoms with Gasteiger partial charge in [-0.15, -0.1) is 0 Å². The van der Waals surface area contributed by atoms with Gasteiger partial charge in [0.15, 0.2) is 0 Å². The van der Waals surface area contributed by atoms with Crippen molar-refractivity contribution in [1.82, 2.24) is 4.57 Å². The summed E-state index contributed by atoms with van der Waals surface area (Å²) in [6, 6.07) is 73.9. The lowest BCUT2D eigenvalue weighted by Crippen LogP contribution is -2.13. The van der Waals surface area contributed by atoms with E-state index in [0.29, 0.717) is 0 Å². The van der Waals surface area contributed by atoms with Crippen LogP contribution in [0.1, 0.15) is 0 Å². The molecule has 0 saturated carbocycles. The number of anilines is 3. The first-order valence-corrected chi connectivity index (χ1v) is 18.8. The molecule has 11 rings (SSSR count). The second-order valence-electron chi connectivity index (χ2n) is 14.1. The van der Waals surface area contributed by atoms with Gasteiger partial charge in [-0.3, -0.25) is 0 Å². The van der Waals surface area contributed by atoms with Gasteiger partial charge in [0.1, 0.15) is 11.2 Å². The number of nitrogens with zero attached hydrogens (tertiary/aromatic N) is 2. The Kier molecular flexibility index (Phi) is 7.17. The van der Waals surface area contributed by atoms with E-state index in [-0.39, 0.29) is 0 Å². The fraction of sp³-hybridized carbons (Fsp3) is 0. The number of para-hydroxylation sites is 4. The van der Waals surface area contributed by atoms with Crippen molar-refractivity contribution in [3.63, 3.8) is 0 Å². The van der Waals surface area contributed by atoms with Crippen LogP contribution < -0.4 is 4.90 Å². The first kappa shape index (κ1) is 31.2. The monoisotopic (exact) mass is 702 g/mol. The van der Waals surface area contributed by atoms with Crippen molar-refractivity contribution < 1.29 is 4.42 Å². The molecule has 0 fully saturated rings. The van der Waals surface area contributed by atoms with Crippen molar-refractivity contribution >= 4 is 71.6 Å². The Bertz CT molecular complexity index is 3150. The summed E-state index contributed by atoms with van der Waals surface area (Å²) in [5, 5.41) is 7.06. The van der Waals surface area contributed by atoms with Crippen molar-refractivity contribution in [2.75, 3.05) is 4.90 Å². The third-order valence-corrected chi connectivity index (χ3v) is 11.0. The van der Waals surface area contributed by atoms with E-state index >= 15 is 0 Å². The molecular weight excluding hydrogens is 669 g/mol. The SMILES string of the molecule is c1ccc(-c2cccc(N(c3ccc(-c4cccc5oc6c7ccccc7ccc6c45)cc3)c3ccccc3-n3c4ccccc4c4ccccc43)c2)cc1. The molecule has 3 nitrogen and oxygen atoms in total. The normalized spacial score (nSPS) is 11.6. The van der Waals surface area contributed by atoms with Crippen molar-refractivity contribution in [3.8, 4) is 27.9 Å². The van der Waals surface area contributed by atoms with E-state index in [1.807, 2.05) is 0 Å². The molecule has 9 aromatic carbocycles. The molecule has 0 atom stereocenters. The van der Waals surface area contributed by atoms with E-state index < -0.39 is 0 Å². The van der Waals surface area contributed by atoms with Gasteiger partial charge in [0.25, 0.3) is 0 Å².